The van der Waals surface area contributed by atoms with E-state index in [0.717, 1.165) is 23.8 Å². The minimum atomic E-state index is -0.429. The summed E-state index contributed by atoms with van der Waals surface area (Å²) in [4.78, 5) is 5.95. The second-order valence-corrected chi connectivity index (χ2v) is 20.3. The van der Waals surface area contributed by atoms with Crippen LogP contribution in [-0.4, -0.2) is 36.6 Å². The third-order valence-electron chi connectivity index (χ3n) is 13.3. The fourth-order valence-corrected chi connectivity index (χ4v) is 11.7. The van der Waals surface area contributed by atoms with Gasteiger partial charge in [0.15, 0.2) is 0 Å². The SMILES string of the molecule is CCCCCCc1cc2c(s1)C1(c3cc(B4OC(C)(C)C(C)(C)O4)ccc3-c3ccc(B4OC(C)(C)C(C)(C)O4)cc31)c1sc(CCCCCC)cc1-2. The topological polar surface area (TPSA) is 36.9 Å². The summed E-state index contributed by atoms with van der Waals surface area (Å²) in [6, 6.07) is 19.1. The van der Waals surface area contributed by atoms with Crippen molar-refractivity contribution in [1.82, 2.24) is 0 Å². The zero-order valence-corrected chi connectivity index (χ0v) is 35.4. The van der Waals surface area contributed by atoms with E-state index in [9.17, 15) is 0 Å². The Morgan fingerprint density at radius 2 is 0.849 bits per heavy atom. The lowest BCUT2D eigenvalue weighted by molar-refractivity contribution is 0.00578. The largest absolute Gasteiger partial charge is 0.494 e. The molecule has 53 heavy (non-hydrogen) atoms. The van der Waals surface area contributed by atoms with Gasteiger partial charge in [-0.25, -0.2) is 0 Å². The zero-order chi connectivity index (χ0) is 37.6. The van der Waals surface area contributed by atoms with Crippen LogP contribution in [-0.2, 0) is 36.9 Å². The highest BCUT2D eigenvalue weighted by atomic mass is 32.1. The smallest absolute Gasteiger partial charge is 0.399 e. The van der Waals surface area contributed by atoms with Gasteiger partial charge in [0.1, 0.15) is 0 Å². The Hall–Kier alpha value is -2.19. The molecule has 0 atom stereocenters. The van der Waals surface area contributed by atoms with Crippen LogP contribution in [0.25, 0.3) is 22.3 Å². The summed E-state index contributed by atoms with van der Waals surface area (Å²) in [6.45, 7) is 21.8. The number of aryl methyl sites for hydroxylation is 2. The van der Waals surface area contributed by atoms with Crippen LogP contribution in [0.15, 0.2) is 48.5 Å². The number of hydrogen-bond donors (Lipinski definition) is 0. The molecule has 0 unspecified atom stereocenters. The summed E-state index contributed by atoms with van der Waals surface area (Å²) in [6.07, 6.45) is 12.4. The first kappa shape index (κ1) is 37.7. The van der Waals surface area contributed by atoms with E-state index in [1.807, 2.05) is 0 Å². The maximum absolute atomic E-state index is 6.69. The lowest BCUT2D eigenvalue weighted by Gasteiger charge is -2.32. The van der Waals surface area contributed by atoms with Crippen LogP contribution >= 0.6 is 22.7 Å². The lowest BCUT2D eigenvalue weighted by atomic mass is 9.71. The predicted octanol–water partition coefficient (Wildman–Crippen LogP) is 11.0. The third-order valence-corrected chi connectivity index (χ3v) is 16.0. The molecule has 8 heteroatoms. The van der Waals surface area contributed by atoms with Crippen LogP contribution in [0.4, 0.5) is 0 Å². The van der Waals surface area contributed by atoms with Crippen molar-refractivity contribution in [3.63, 3.8) is 0 Å². The van der Waals surface area contributed by atoms with E-state index in [0.29, 0.717) is 0 Å². The molecular formula is C45H58B2O4S2. The Balaban J connectivity index is 1.32. The highest BCUT2D eigenvalue weighted by Crippen LogP contribution is 2.66. The quantitative estimate of drug-likeness (QED) is 0.0923. The summed E-state index contributed by atoms with van der Waals surface area (Å²) in [5, 5.41) is 0. The fraction of sp³-hybridized carbons (Fsp3) is 0.556. The molecule has 0 N–H and O–H groups in total. The summed E-state index contributed by atoms with van der Waals surface area (Å²) < 4.78 is 26.8. The Morgan fingerprint density at radius 1 is 0.472 bits per heavy atom. The van der Waals surface area contributed by atoms with Crippen LogP contribution in [0.3, 0.4) is 0 Å². The van der Waals surface area contributed by atoms with Gasteiger partial charge in [-0.05, 0) is 138 Å². The minimum absolute atomic E-state index is 0.413. The van der Waals surface area contributed by atoms with Crippen LogP contribution in [0.1, 0.15) is 151 Å². The standard InChI is InChI=1S/C45H58B2O4S2/c1-11-13-15-17-19-31-27-35-36-28-32(20-18-16-14-12-2)53-40(36)45(39(35)52-31)37-25-29(46-48-41(3,4)42(5,6)49-46)21-23-33(37)34-24-22-30(26-38(34)45)47-50-43(7,8)44(9,10)51-47/h21-28H,11-20H2,1-10H3. The molecule has 2 aliphatic carbocycles. The Kier molecular flexibility index (Phi) is 9.60. The maximum atomic E-state index is 6.69. The van der Waals surface area contributed by atoms with Gasteiger partial charge in [-0.3, -0.25) is 0 Å². The highest BCUT2D eigenvalue weighted by Gasteiger charge is 2.57. The number of rotatable bonds is 12. The highest BCUT2D eigenvalue weighted by molar-refractivity contribution is 7.15. The molecule has 280 valence electrons. The Bertz CT molecular complexity index is 1840. The van der Waals surface area contributed by atoms with Gasteiger partial charge in [0.05, 0.1) is 27.8 Å². The van der Waals surface area contributed by atoms with Gasteiger partial charge in [-0.1, -0.05) is 88.8 Å². The third kappa shape index (κ3) is 6.00. The average molecular weight is 749 g/mol. The van der Waals surface area contributed by atoms with Crippen LogP contribution < -0.4 is 10.9 Å². The molecule has 0 saturated carbocycles. The molecule has 0 bridgehead atoms. The van der Waals surface area contributed by atoms with Gasteiger partial charge >= 0.3 is 14.2 Å². The van der Waals surface area contributed by atoms with E-state index in [2.05, 4.69) is 140 Å². The molecule has 8 rings (SSSR count). The molecule has 2 aromatic heterocycles. The second kappa shape index (κ2) is 13.5. The van der Waals surface area contributed by atoms with E-state index >= 15 is 0 Å². The number of fused-ring (bicyclic) bond motifs is 10. The molecule has 4 nitrogen and oxygen atoms in total. The molecule has 2 fully saturated rings. The molecule has 4 heterocycles. The summed E-state index contributed by atoms with van der Waals surface area (Å²) in [5.41, 5.74) is 8.28. The van der Waals surface area contributed by atoms with Gasteiger partial charge in [-0.2, -0.15) is 0 Å². The van der Waals surface area contributed by atoms with Gasteiger partial charge in [0, 0.05) is 19.5 Å². The molecular weight excluding hydrogens is 690 g/mol. The van der Waals surface area contributed by atoms with Gasteiger partial charge in [-0.15, -0.1) is 22.7 Å². The van der Waals surface area contributed by atoms with Crippen LogP contribution in [0, 0.1) is 0 Å². The summed E-state index contributed by atoms with van der Waals surface area (Å²) in [7, 11) is -0.858. The van der Waals surface area contributed by atoms with Crippen molar-refractivity contribution in [2.75, 3.05) is 0 Å². The van der Waals surface area contributed by atoms with Gasteiger partial charge < -0.3 is 18.6 Å². The van der Waals surface area contributed by atoms with E-state index in [1.165, 1.54) is 104 Å². The van der Waals surface area contributed by atoms with Crippen molar-refractivity contribution in [2.45, 2.75) is 161 Å². The van der Waals surface area contributed by atoms with Crippen molar-refractivity contribution in [3.05, 3.63) is 79.2 Å². The first-order valence-electron chi connectivity index (χ1n) is 20.4. The maximum Gasteiger partial charge on any atom is 0.494 e. The zero-order valence-electron chi connectivity index (χ0n) is 33.8. The van der Waals surface area contributed by atoms with E-state index in [1.54, 1.807) is 0 Å². The number of unbranched alkanes of at least 4 members (excludes halogenated alkanes) is 6. The first-order chi connectivity index (χ1) is 25.1. The van der Waals surface area contributed by atoms with Crippen LogP contribution in [0.5, 0.6) is 0 Å². The summed E-state index contributed by atoms with van der Waals surface area (Å²) >= 11 is 4.10. The van der Waals surface area contributed by atoms with Crippen molar-refractivity contribution in [2.24, 2.45) is 0 Å². The molecule has 0 amide bonds. The lowest BCUT2D eigenvalue weighted by Crippen LogP contribution is -2.41. The van der Waals surface area contributed by atoms with Crippen molar-refractivity contribution in [3.8, 4) is 22.3 Å². The molecule has 0 radical (unpaired) electrons. The molecule has 4 aliphatic rings. The molecule has 2 saturated heterocycles. The summed E-state index contributed by atoms with van der Waals surface area (Å²) in [5.74, 6) is 0. The number of benzene rings is 2. The number of thiophene rings is 2. The molecule has 2 aliphatic heterocycles. The fourth-order valence-electron chi connectivity index (χ4n) is 8.74. The molecule has 2 aromatic carbocycles. The Morgan fingerprint density at radius 3 is 1.21 bits per heavy atom. The van der Waals surface area contributed by atoms with E-state index in [4.69, 9.17) is 18.6 Å². The van der Waals surface area contributed by atoms with Gasteiger partial charge in [0.2, 0.25) is 0 Å². The van der Waals surface area contributed by atoms with Gasteiger partial charge in [0.25, 0.3) is 0 Å². The minimum Gasteiger partial charge on any atom is -0.399 e. The predicted molar refractivity (Wildman–Crippen MR) is 226 cm³/mol. The van der Waals surface area contributed by atoms with Crippen molar-refractivity contribution < 1.29 is 18.6 Å². The van der Waals surface area contributed by atoms with Crippen molar-refractivity contribution in [1.29, 1.82) is 0 Å². The van der Waals surface area contributed by atoms with Crippen LogP contribution in [0.2, 0.25) is 0 Å². The van der Waals surface area contributed by atoms with E-state index in [-0.39, 0.29) is 0 Å². The monoisotopic (exact) mass is 748 g/mol. The molecule has 4 aromatic rings. The first-order valence-corrected chi connectivity index (χ1v) is 22.0. The average Bonchev–Trinajstić information content (AvgIpc) is 3.90. The Labute approximate surface area is 327 Å². The molecule has 1 spiro atoms. The van der Waals surface area contributed by atoms with Crippen molar-refractivity contribution >= 4 is 47.8 Å². The second-order valence-electron chi connectivity index (χ2n) is 18.1. The normalized spacial score (nSPS) is 20.6. The number of hydrogen-bond acceptors (Lipinski definition) is 6. The van der Waals surface area contributed by atoms with E-state index < -0.39 is 42.1 Å².